The maximum Gasteiger partial charge on any atom is 0.270 e. The smallest absolute Gasteiger partial charge is 0.270 e. The van der Waals surface area contributed by atoms with Gasteiger partial charge in [-0.15, -0.1) is 0 Å². The van der Waals surface area contributed by atoms with Gasteiger partial charge in [-0.1, -0.05) is 12.1 Å². The lowest BCUT2D eigenvalue weighted by atomic mass is 10.1. The summed E-state index contributed by atoms with van der Waals surface area (Å²) in [4.78, 5) is 32.9. The number of likely N-dealkylation sites (N-methyl/N-ethyl adjacent to an activating group) is 1. The predicted octanol–water partition coefficient (Wildman–Crippen LogP) is 1.54. The average Bonchev–Trinajstić information content (AvgIpc) is 2.67. The fourth-order valence-corrected chi connectivity index (χ4v) is 2.76. The number of nitrogens with one attached hydrogen (secondary N) is 1. The number of nitrogens with zero attached hydrogens (tertiary/aromatic N) is 3. The molecule has 0 saturated carbocycles. The van der Waals surface area contributed by atoms with Crippen LogP contribution in [0.15, 0.2) is 42.6 Å². The van der Waals surface area contributed by atoms with E-state index in [0.29, 0.717) is 18.7 Å². The van der Waals surface area contributed by atoms with Crippen molar-refractivity contribution in [3.63, 3.8) is 0 Å². The van der Waals surface area contributed by atoms with E-state index in [1.165, 1.54) is 24.4 Å². The van der Waals surface area contributed by atoms with Crippen LogP contribution in [0, 0.1) is 5.82 Å². The second-order valence-corrected chi connectivity index (χ2v) is 6.33. The molecule has 0 bridgehead atoms. The Morgan fingerprint density at radius 1 is 1.12 bits per heavy atom. The molecule has 7 heteroatoms. The van der Waals surface area contributed by atoms with Gasteiger partial charge in [-0.05, 0) is 36.9 Å². The number of aromatic nitrogens is 1. The Bertz CT molecular complexity index is 786. The van der Waals surface area contributed by atoms with Gasteiger partial charge in [-0.25, -0.2) is 4.39 Å². The molecule has 1 aromatic heterocycles. The van der Waals surface area contributed by atoms with Crippen LogP contribution in [0.5, 0.6) is 0 Å². The van der Waals surface area contributed by atoms with Gasteiger partial charge in [0.1, 0.15) is 11.5 Å². The lowest BCUT2D eigenvalue weighted by Gasteiger charge is -2.32. The van der Waals surface area contributed by atoms with Gasteiger partial charge in [-0.3, -0.25) is 14.6 Å². The fourth-order valence-electron chi connectivity index (χ4n) is 2.76. The summed E-state index contributed by atoms with van der Waals surface area (Å²) in [6, 6.07) is 9.04. The van der Waals surface area contributed by atoms with E-state index < -0.39 is 0 Å². The number of pyridine rings is 1. The molecule has 1 aliphatic rings. The van der Waals surface area contributed by atoms with Gasteiger partial charge in [0.2, 0.25) is 0 Å². The number of rotatable bonds is 4. The quantitative estimate of drug-likeness (QED) is 0.903. The molecule has 0 spiro atoms. The first-order valence-electron chi connectivity index (χ1n) is 8.49. The minimum atomic E-state index is -0.373. The van der Waals surface area contributed by atoms with Crippen molar-refractivity contribution < 1.29 is 14.0 Å². The van der Waals surface area contributed by atoms with Crippen LogP contribution in [0.25, 0.3) is 0 Å². The van der Waals surface area contributed by atoms with E-state index in [4.69, 9.17) is 0 Å². The highest BCUT2D eigenvalue weighted by atomic mass is 19.1. The van der Waals surface area contributed by atoms with Crippen LogP contribution in [0.1, 0.15) is 26.4 Å². The van der Waals surface area contributed by atoms with Crippen LogP contribution in [0.4, 0.5) is 4.39 Å². The number of hydrogen-bond donors (Lipinski definition) is 1. The fraction of sp³-hybridized carbons (Fsp3) is 0.316. The standard InChI is InChI=1S/C19H21FN4O2/c1-23-8-10-24(11-9-23)19(26)15-6-7-21-17(12-15)18(25)22-13-14-2-4-16(20)5-3-14/h2-7,12H,8-11,13H2,1H3,(H,22,25). The van der Waals surface area contributed by atoms with Crippen molar-refractivity contribution in [1.82, 2.24) is 20.1 Å². The highest BCUT2D eigenvalue weighted by Crippen LogP contribution is 2.10. The molecule has 0 atom stereocenters. The Morgan fingerprint density at radius 3 is 2.50 bits per heavy atom. The second kappa shape index (κ2) is 8.05. The molecular weight excluding hydrogens is 335 g/mol. The summed E-state index contributed by atoms with van der Waals surface area (Å²) in [6.07, 6.45) is 1.47. The van der Waals surface area contributed by atoms with Crippen LogP contribution in [-0.4, -0.2) is 59.8 Å². The van der Waals surface area contributed by atoms with Crippen molar-refractivity contribution in [2.45, 2.75) is 6.54 Å². The Balaban J connectivity index is 1.63. The molecule has 3 rings (SSSR count). The number of carbonyl (C=O) groups is 2. The molecule has 26 heavy (non-hydrogen) atoms. The number of benzene rings is 1. The monoisotopic (exact) mass is 356 g/mol. The number of hydrogen-bond acceptors (Lipinski definition) is 4. The van der Waals surface area contributed by atoms with Crippen LogP contribution < -0.4 is 5.32 Å². The summed E-state index contributed by atoms with van der Waals surface area (Å²) in [6.45, 7) is 3.27. The van der Waals surface area contributed by atoms with Crippen LogP contribution >= 0.6 is 0 Å². The average molecular weight is 356 g/mol. The van der Waals surface area contributed by atoms with Gasteiger partial charge in [0.25, 0.3) is 11.8 Å². The summed E-state index contributed by atoms with van der Waals surface area (Å²) in [5.41, 5.74) is 1.42. The minimum absolute atomic E-state index is 0.0897. The first kappa shape index (κ1) is 18.0. The van der Waals surface area contributed by atoms with E-state index in [0.717, 1.165) is 18.7 Å². The van der Waals surface area contributed by atoms with E-state index in [1.807, 2.05) is 7.05 Å². The first-order chi connectivity index (χ1) is 12.5. The highest BCUT2D eigenvalue weighted by molar-refractivity contribution is 5.98. The Kier molecular flexibility index (Phi) is 5.58. The second-order valence-electron chi connectivity index (χ2n) is 6.33. The topological polar surface area (TPSA) is 65.5 Å². The number of amides is 2. The molecule has 6 nitrogen and oxygen atoms in total. The number of piperazine rings is 1. The van der Waals surface area contributed by atoms with E-state index in [9.17, 15) is 14.0 Å². The lowest BCUT2D eigenvalue weighted by molar-refractivity contribution is 0.0664. The van der Waals surface area contributed by atoms with Gasteiger partial charge >= 0.3 is 0 Å². The third-order valence-electron chi connectivity index (χ3n) is 4.40. The van der Waals surface area contributed by atoms with Gasteiger partial charge in [0, 0.05) is 44.5 Å². The molecule has 1 saturated heterocycles. The molecule has 1 fully saturated rings. The Morgan fingerprint density at radius 2 is 1.81 bits per heavy atom. The summed E-state index contributed by atoms with van der Waals surface area (Å²) in [5.74, 6) is -0.785. The van der Waals surface area contributed by atoms with Gasteiger partial charge in [0.15, 0.2) is 0 Å². The first-order valence-corrected chi connectivity index (χ1v) is 8.49. The van der Waals surface area contributed by atoms with Crippen molar-refractivity contribution in [3.8, 4) is 0 Å². The van der Waals surface area contributed by atoms with Crippen molar-refractivity contribution in [2.24, 2.45) is 0 Å². The summed E-state index contributed by atoms with van der Waals surface area (Å²) in [5, 5.41) is 2.73. The van der Waals surface area contributed by atoms with E-state index in [2.05, 4.69) is 15.2 Å². The molecule has 0 unspecified atom stereocenters. The molecule has 136 valence electrons. The molecule has 1 aromatic carbocycles. The minimum Gasteiger partial charge on any atom is -0.347 e. The molecule has 2 heterocycles. The largest absolute Gasteiger partial charge is 0.347 e. The Labute approximate surface area is 151 Å². The molecule has 0 aliphatic carbocycles. The van der Waals surface area contributed by atoms with Crippen molar-refractivity contribution in [1.29, 1.82) is 0 Å². The number of carbonyl (C=O) groups excluding carboxylic acids is 2. The molecule has 2 aromatic rings. The van der Waals surface area contributed by atoms with E-state index in [1.54, 1.807) is 23.1 Å². The van der Waals surface area contributed by atoms with Gasteiger partial charge in [-0.2, -0.15) is 0 Å². The zero-order valence-corrected chi connectivity index (χ0v) is 14.6. The third-order valence-corrected chi connectivity index (χ3v) is 4.40. The zero-order chi connectivity index (χ0) is 18.5. The predicted molar refractivity (Wildman–Crippen MR) is 95.2 cm³/mol. The van der Waals surface area contributed by atoms with Gasteiger partial charge in [0.05, 0.1) is 0 Å². The molecule has 1 N–H and O–H groups in total. The lowest BCUT2D eigenvalue weighted by Crippen LogP contribution is -2.47. The van der Waals surface area contributed by atoms with Gasteiger partial charge < -0.3 is 15.1 Å². The van der Waals surface area contributed by atoms with E-state index >= 15 is 0 Å². The molecule has 1 aliphatic heterocycles. The summed E-state index contributed by atoms with van der Waals surface area (Å²) >= 11 is 0. The van der Waals surface area contributed by atoms with Crippen LogP contribution in [0.2, 0.25) is 0 Å². The normalized spacial score (nSPS) is 14.9. The molecule has 2 amide bonds. The Hall–Kier alpha value is -2.80. The van der Waals surface area contributed by atoms with Crippen LogP contribution in [-0.2, 0) is 6.54 Å². The zero-order valence-electron chi connectivity index (χ0n) is 14.6. The highest BCUT2D eigenvalue weighted by Gasteiger charge is 2.21. The molecular formula is C19H21FN4O2. The maximum atomic E-state index is 12.9. The maximum absolute atomic E-state index is 12.9. The number of halogens is 1. The van der Waals surface area contributed by atoms with Crippen molar-refractivity contribution in [3.05, 3.63) is 65.2 Å². The summed E-state index contributed by atoms with van der Waals surface area (Å²) < 4.78 is 12.9. The SMILES string of the molecule is CN1CCN(C(=O)c2ccnc(C(=O)NCc3ccc(F)cc3)c2)CC1. The third kappa shape index (κ3) is 4.43. The van der Waals surface area contributed by atoms with Crippen molar-refractivity contribution >= 4 is 11.8 Å². The van der Waals surface area contributed by atoms with E-state index in [-0.39, 0.29) is 29.9 Å². The van der Waals surface area contributed by atoms with Crippen LogP contribution in [0.3, 0.4) is 0 Å². The summed E-state index contributed by atoms with van der Waals surface area (Å²) in [7, 11) is 2.03. The van der Waals surface area contributed by atoms with Crippen molar-refractivity contribution in [2.75, 3.05) is 33.2 Å². The molecule has 0 radical (unpaired) electrons.